The maximum Gasteiger partial charge on any atom is 0.257 e. The van der Waals surface area contributed by atoms with E-state index in [0.717, 1.165) is 0 Å². The average Bonchev–Trinajstić information content (AvgIpc) is 2.41. The lowest BCUT2D eigenvalue weighted by Crippen LogP contribution is -2.34. The highest BCUT2D eigenvalue weighted by molar-refractivity contribution is 5.97. The zero-order valence-electron chi connectivity index (χ0n) is 11.1. The number of aryl methyl sites for hydroxylation is 1. The highest BCUT2D eigenvalue weighted by Crippen LogP contribution is 2.22. The van der Waals surface area contributed by atoms with Crippen LogP contribution in [0.2, 0.25) is 0 Å². The Morgan fingerprint density at radius 3 is 2.74 bits per heavy atom. The third-order valence-corrected chi connectivity index (χ3v) is 2.90. The molecule has 0 radical (unpaired) electrons. The van der Waals surface area contributed by atoms with E-state index < -0.39 is 0 Å². The molecule has 0 saturated heterocycles. The molecule has 0 heterocycles. The number of phenolic OH excluding ortho intramolecular Hbond substituents is 1. The van der Waals surface area contributed by atoms with E-state index in [4.69, 9.17) is 10.9 Å². The Labute approximate surface area is 112 Å². The molecule has 4 N–H and O–H groups in total. The second kappa shape index (κ2) is 6.63. The zero-order chi connectivity index (χ0) is 14.4. The first-order valence-electron chi connectivity index (χ1n) is 6.05. The van der Waals surface area contributed by atoms with E-state index in [1.807, 2.05) is 6.92 Å². The minimum atomic E-state index is -0.269. The summed E-state index contributed by atoms with van der Waals surface area (Å²) < 4.78 is 0. The normalized spacial score (nSPS) is 11.4. The van der Waals surface area contributed by atoms with Gasteiger partial charge in [0.2, 0.25) is 0 Å². The van der Waals surface area contributed by atoms with Crippen molar-refractivity contribution >= 4 is 11.7 Å². The van der Waals surface area contributed by atoms with Crippen molar-refractivity contribution in [2.75, 3.05) is 13.1 Å². The SMILES string of the molecule is CCN(CC/C(N)=N/O)C(=O)c1cccc(C)c1O. The van der Waals surface area contributed by atoms with Crippen LogP contribution in [0.3, 0.4) is 0 Å². The van der Waals surface area contributed by atoms with Crippen molar-refractivity contribution in [1.29, 1.82) is 0 Å². The van der Waals surface area contributed by atoms with Crippen LogP contribution < -0.4 is 5.73 Å². The molecule has 19 heavy (non-hydrogen) atoms. The number of phenols is 1. The summed E-state index contributed by atoms with van der Waals surface area (Å²) in [5.74, 6) is -0.205. The maximum atomic E-state index is 12.3. The van der Waals surface area contributed by atoms with Gasteiger partial charge >= 0.3 is 0 Å². The number of nitrogens with two attached hydrogens (primary N) is 1. The van der Waals surface area contributed by atoms with Crippen LogP contribution in [0, 0.1) is 6.92 Å². The number of hydrogen-bond acceptors (Lipinski definition) is 4. The highest BCUT2D eigenvalue weighted by atomic mass is 16.4. The summed E-state index contributed by atoms with van der Waals surface area (Å²) in [7, 11) is 0. The number of nitrogens with zero attached hydrogens (tertiary/aromatic N) is 2. The molecular formula is C13H19N3O3. The van der Waals surface area contributed by atoms with E-state index in [1.54, 1.807) is 25.1 Å². The van der Waals surface area contributed by atoms with Gasteiger partial charge in [-0.15, -0.1) is 0 Å². The molecule has 0 aromatic heterocycles. The molecule has 1 amide bonds. The van der Waals surface area contributed by atoms with Gasteiger partial charge in [-0.05, 0) is 25.5 Å². The minimum absolute atomic E-state index is 0.00486. The van der Waals surface area contributed by atoms with Crippen LogP contribution >= 0.6 is 0 Å². The lowest BCUT2D eigenvalue weighted by Gasteiger charge is -2.21. The predicted molar refractivity (Wildman–Crippen MR) is 72.4 cm³/mol. The molecule has 1 rings (SSSR count). The topological polar surface area (TPSA) is 99.1 Å². The first-order chi connectivity index (χ1) is 9.01. The summed E-state index contributed by atoms with van der Waals surface area (Å²) in [5.41, 5.74) is 6.30. The van der Waals surface area contributed by atoms with Gasteiger partial charge in [0.15, 0.2) is 0 Å². The Bertz CT molecular complexity index is 486. The van der Waals surface area contributed by atoms with Crippen LogP contribution in [0.4, 0.5) is 0 Å². The standard InChI is InChI=1S/C13H19N3O3/c1-3-16(8-7-11(14)15-19)13(18)10-6-4-5-9(2)12(10)17/h4-6,17,19H,3,7-8H2,1-2H3,(H2,14,15). The van der Waals surface area contributed by atoms with Gasteiger partial charge in [-0.3, -0.25) is 4.79 Å². The number of benzene rings is 1. The monoisotopic (exact) mass is 265 g/mol. The summed E-state index contributed by atoms with van der Waals surface area (Å²) in [6.07, 6.45) is 0.280. The van der Waals surface area contributed by atoms with Crippen molar-refractivity contribution in [2.24, 2.45) is 10.9 Å². The third-order valence-electron chi connectivity index (χ3n) is 2.90. The van der Waals surface area contributed by atoms with Crippen molar-refractivity contribution in [2.45, 2.75) is 20.3 Å². The number of oxime groups is 1. The summed E-state index contributed by atoms with van der Waals surface area (Å²) in [6.45, 7) is 4.37. The van der Waals surface area contributed by atoms with Crippen LogP contribution in [-0.4, -0.2) is 40.0 Å². The Morgan fingerprint density at radius 1 is 1.47 bits per heavy atom. The molecule has 6 nitrogen and oxygen atoms in total. The Balaban J connectivity index is 2.87. The van der Waals surface area contributed by atoms with Crippen molar-refractivity contribution < 1.29 is 15.1 Å². The van der Waals surface area contributed by atoms with Crippen molar-refractivity contribution in [3.8, 4) is 5.75 Å². The smallest absolute Gasteiger partial charge is 0.257 e. The molecule has 0 aliphatic heterocycles. The van der Waals surface area contributed by atoms with E-state index in [9.17, 15) is 9.90 Å². The fourth-order valence-corrected chi connectivity index (χ4v) is 1.70. The van der Waals surface area contributed by atoms with Crippen LogP contribution in [0.15, 0.2) is 23.4 Å². The highest BCUT2D eigenvalue weighted by Gasteiger charge is 2.18. The molecular weight excluding hydrogens is 246 g/mol. The number of para-hydroxylation sites is 1. The fourth-order valence-electron chi connectivity index (χ4n) is 1.70. The van der Waals surface area contributed by atoms with Gasteiger partial charge < -0.3 is 20.9 Å². The first-order valence-corrected chi connectivity index (χ1v) is 6.05. The van der Waals surface area contributed by atoms with Gasteiger partial charge in [0.05, 0.1) is 5.56 Å². The summed E-state index contributed by atoms with van der Waals surface area (Å²) in [5, 5.41) is 21.2. The van der Waals surface area contributed by atoms with Gasteiger partial charge in [-0.1, -0.05) is 17.3 Å². The Hall–Kier alpha value is -2.24. The molecule has 6 heteroatoms. The molecule has 0 saturated carbocycles. The number of carbonyl (C=O) groups excluding carboxylic acids is 1. The molecule has 0 aliphatic carbocycles. The first kappa shape index (κ1) is 14.8. The maximum absolute atomic E-state index is 12.3. The Morgan fingerprint density at radius 2 is 2.16 bits per heavy atom. The molecule has 1 aromatic carbocycles. The lowest BCUT2D eigenvalue weighted by molar-refractivity contribution is 0.0765. The summed E-state index contributed by atoms with van der Waals surface area (Å²) in [4.78, 5) is 13.8. The summed E-state index contributed by atoms with van der Waals surface area (Å²) >= 11 is 0. The van der Waals surface area contributed by atoms with Gasteiger partial charge in [0.1, 0.15) is 11.6 Å². The number of aromatic hydroxyl groups is 1. The molecule has 0 unspecified atom stereocenters. The van der Waals surface area contributed by atoms with Gasteiger partial charge in [-0.2, -0.15) is 0 Å². The molecule has 0 fully saturated rings. The molecule has 0 spiro atoms. The van der Waals surface area contributed by atoms with E-state index in [1.165, 1.54) is 4.90 Å². The molecule has 1 aromatic rings. The number of amidine groups is 1. The zero-order valence-corrected chi connectivity index (χ0v) is 11.1. The van der Waals surface area contributed by atoms with E-state index in [0.29, 0.717) is 18.7 Å². The molecule has 0 atom stereocenters. The molecule has 104 valence electrons. The number of rotatable bonds is 5. The third kappa shape index (κ3) is 3.61. The van der Waals surface area contributed by atoms with Crippen LogP contribution in [0.25, 0.3) is 0 Å². The van der Waals surface area contributed by atoms with Crippen LogP contribution in [-0.2, 0) is 0 Å². The van der Waals surface area contributed by atoms with Gasteiger partial charge in [-0.25, -0.2) is 0 Å². The predicted octanol–water partition coefficient (Wildman–Crippen LogP) is 1.30. The van der Waals surface area contributed by atoms with Crippen molar-refractivity contribution in [1.82, 2.24) is 4.90 Å². The van der Waals surface area contributed by atoms with Crippen molar-refractivity contribution in [3.63, 3.8) is 0 Å². The molecule has 0 bridgehead atoms. The molecule has 0 aliphatic rings. The van der Waals surface area contributed by atoms with Gasteiger partial charge in [0, 0.05) is 19.5 Å². The summed E-state index contributed by atoms with van der Waals surface area (Å²) in [6, 6.07) is 5.04. The average molecular weight is 265 g/mol. The quantitative estimate of drug-likeness (QED) is 0.323. The van der Waals surface area contributed by atoms with E-state index in [-0.39, 0.29) is 29.5 Å². The number of amides is 1. The van der Waals surface area contributed by atoms with E-state index >= 15 is 0 Å². The fraction of sp³-hybridized carbons (Fsp3) is 0.385. The number of carbonyl (C=O) groups is 1. The number of hydrogen-bond donors (Lipinski definition) is 3. The lowest BCUT2D eigenvalue weighted by atomic mass is 10.1. The largest absolute Gasteiger partial charge is 0.507 e. The van der Waals surface area contributed by atoms with Gasteiger partial charge in [0.25, 0.3) is 5.91 Å². The second-order valence-corrected chi connectivity index (χ2v) is 4.20. The van der Waals surface area contributed by atoms with Crippen molar-refractivity contribution in [3.05, 3.63) is 29.3 Å². The van der Waals surface area contributed by atoms with E-state index in [2.05, 4.69) is 5.16 Å². The van der Waals surface area contributed by atoms with Crippen LogP contribution in [0.1, 0.15) is 29.3 Å². The minimum Gasteiger partial charge on any atom is -0.507 e. The van der Waals surface area contributed by atoms with Crippen LogP contribution in [0.5, 0.6) is 5.75 Å². The second-order valence-electron chi connectivity index (χ2n) is 4.20. The Kier molecular flexibility index (Phi) is 5.17.